The van der Waals surface area contributed by atoms with Gasteiger partial charge in [-0.1, -0.05) is 19.9 Å². The van der Waals surface area contributed by atoms with Crippen LogP contribution >= 0.6 is 0 Å². The van der Waals surface area contributed by atoms with Crippen LogP contribution in [0.2, 0.25) is 0 Å². The fourth-order valence-electron chi connectivity index (χ4n) is 2.80. The van der Waals surface area contributed by atoms with E-state index in [-0.39, 0.29) is 18.2 Å². The minimum Gasteiger partial charge on any atom is -0.506 e. The molecule has 166 valence electrons. The molecule has 0 aliphatic heterocycles. The fraction of sp³-hybridized carbons (Fsp3) is 0.333. The molecule has 5 N–H and O–H groups in total. The summed E-state index contributed by atoms with van der Waals surface area (Å²) in [6.07, 6.45) is 0. The lowest BCUT2D eigenvalue weighted by Crippen LogP contribution is -2.37. The van der Waals surface area contributed by atoms with Crippen molar-refractivity contribution in [3.63, 3.8) is 0 Å². The highest BCUT2D eigenvalue weighted by molar-refractivity contribution is 6.05. The SMILES string of the molecule is Cc1ccc(-n2c(O)c(C(=O)NCC(=O)O)c(O)c(C(=O)NCC(C)C)c2=O)cc1C. The number of carboxylic acid groups (broad SMARTS) is 1. The van der Waals surface area contributed by atoms with Crippen LogP contribution < -0.4 is 16.2 Å². The van der Waals surface area contributed by atoms with Crippen molar-refractivity contribution in [1.82, 2.24) is 15.2 Å². The number of amides is 2. The number of nitrogens with one attached hydrogen (secondary N) is 2. The molecule has 0 atom stereocenters. The predicted molar refractivity (Wildman–Crippen MR) is 112 cm³/mol. The van der Waals surface area contributed by atoms with Gasteiger partial charge in [0.15, 0.2) is 5.75 Å². The van der Waals surface area contributed by atoms with E-state index in [2.05, 4.69) is 5.32 Å². The lowest BCUT2D eigenvalue weighted by molar-refractivity contribution is -0.135. The zero-order valence-electron chi connectivity index (χ0n) is 17.6. The van der Waals surface area contributed by atoms with Crippen LogP contribution in [0.3, 0.4) is 0 Å². The van der Waals surface area contributed by atoms with Crippen molar-refractivity contribution < 1.29 is 29.7 Å². The standard InChI is InChI=1S/C21H25N3O7/c1-10(2)8-22-18(28)15-17(27)16(19(29)23-9-14(25)26)21(31)24(20(15)30)13-6-5-11(3)12(4)7-13/h5-7,10,27,31H,8-9H2,1-4H3,(H,22,28)(H,23,29)(H,25,26). The van der Waals surface area contributed by atoms with Crippen LogP contribution in [0.4, 0.5) is 0 Å². The number of aliphatic carboxylic acids is 1. The Kier molecular flexibility index (Phi) is 7.06. The van der Waals surface area contributed by atoms with Crippen molar-refractivity contribution in [2.24, 2.45) is 5.92 Å². The maximum atomic E-state index is 13.1. The molecule has 0 bridgehead atoms. The molecule has 2 rings (SSSR count). The third kappa shape index (κ3) is 5.03. The molecule has 1 aromatic carbocycles. The number of hydrogen-bond acceptors (Lipinski definition) is 6. The first kappa shape index (κ1) is 23.5. The molecule has 0 fully saturated rings. The predicted octanol–water partition coefficient (Wildman–Crippen LogP) is 1.07. The first-order valence-corrected chi connectivity index (χ1v) is 9.52. The van der Waals surface area contributed by atoms with Gasteiger partial charge in [-0.3, -0.25) is 19.2 Å². The van der Waals surface area contributed by atoms with E-state index in [1.807, 2.05) is 26.1 Å². The minimum absolute atomic E-state index is 0.0449. The third-order valence-corrected chi connectivity index (χ3v) is 4.60. The van der Waals surface area contributed by atoms with Gasteiger partial charge in [-0.15, -0.1) is 0 Å². The normalized spacial score (nSPS) is 10.7. The van der Waals surface area contributed by atoms with Gasteiger partial charge in [0.1, 0.15) is 17.7 Å². The van der Waals surface area contributed by atoms with Gasteiger partial charge in [0.05, 0.1) is 5.69 Å². The molecule has 0 saturated carbocycles. The summed E-state index contributed by atoms with van der Waals surface area (Å²) in [7, 11) is 0. The third-order valence-electron chi connectivity index (χ3n) is 4.60. The van der Waals surface area contributed by atoms with E-state index in [0.29, 0.717) is 0 Å². The number of aryl methyl sites for hydroxylation is 2. The van der Waals surface area contributed by atoms with E-state index in [1.165, 1.54) is 6.07 Å². The highest BCUT2D eigenvalue weighted by Crippen LogP contribution is 2.30. The molecule has 10 heteroatoms. The molecule has 0 spiro atoms. The van der Waals surface area contributed by atoms with Crippen molar-refractivity contribution in [3.05, 3.63) is 50.8 Å². The Morgan fingerprint density at radius 2 is 1.61 bits per heavy atom. The zero-order chi connectivity index (χ0) is 23.5. The van der Waals surface area contributed by atoms with Gasteiger partial charge in [-0.2, -0.15) is 0 Å². The second kappa shape index (κ2) is 9.33. The lowest BCUT2D eigenvalue weighted by Gasteiger charge is -2.17. The largest absolute Gasteiger partial charge is 0.506 e. The summed E-state index contributed by atoms with van der Waals surface area (Å²) >= 11 is 0. The monoisotopic (exact) mass is 431 g/mol. The van der Waals surface area contributed by atoms with Crippen molar-refractivity contribution >= 4 is 17.8 Å². The summed E-state index contributed by atoms with van der Waals surface area (Å²) in [5.74, 6) is -5.36. The highest BCUT2D eigenvalue weighted by atomic mass is 16.4. The van der Waals surface area contributed by atoms with Gasteiger partial charge >= 0.3 is 5.97 Å². The summed E-state index contributed by atoms with van der Waals surface area (Å²) in [6.45, 7) is 6.68. The number of hydrogen-bond donors (Lipinski definition) is 5. The Morgan fingerprint density at radius 3 is 2.16 bits per heavy atom. The Morgan fingerprint density at radius 1 is 1.00 bits per heavy atom. The summed E-state index contributed by atoms with van der Waals surface area (Å²) in [4.78, 5) is 49.0. The molecule has 1 heterocycles. The van der Waals surface area contributed by atoms with Crippen molar-refractivity contribution in [2.45, 2.75) is 27.7 Å². The van der Waals surface area contributed by atoms with Gasteiger partial charge in [0.2, 0.25) is 5.88 Å². The van der Waals surface area contributed by atoms with E-state index in [1.54, 1.807) is 19.1 Å². The Hall–Kier alpha value is -3.82. The van der Waals surface area contributed by atoms with E-state index in [4.69, 9.17) is 5.11 Å². The number of carbonyl (C=O) groups is 3. The van der Waals surface area contributed by atoms with Gasteiger partial charge < -0.3 is 26.0 Å². The topological polar surface area (TPSA) is 158 Å². The van der Waals surface area contributed by atoms with Gasteiger partial charge in [-0.05, 0) is 43.0 Å². The molecule has 2 aromatic rings. The molecular weight excluding hydrogens is 406 g/mol. The van der Waals surface area contributed by atoms with Crippen molar-refractivity contribution in [2.75, 3.05) is 13.1 Å². The second-order valence-electron chi connectivity index (χ2n) is 7.51. The Labute approximate surface area is 178 Å². The number of carboxylic acids is 1. The molecule has 0 radical (unpaired) electrons. The molecular formula is C21H25N3O7. The van der Waals surface area contributed by atoms with Crippen LogP contribution in [0.15, 0.2) is 23.0 Å². The van der Waals surface area contributed by atoms with E-state index in [0.717, 1.165) is 15.7 Å². The number of aromatic hydroxyl groups is 2. The number of carbonyl (C=O) groups excluding carboxylic acids is 2. The smallest absolute Gasteiger partial charge is 0.322 e. The van der Waals surface area contributed by atoms with Gasteiger partial charge in [0, 0.05) is 6.54 Å². The molecule has 0 unspecified atom stereocenters. The van der Waals surface area contributed by atoms with Crippen LogP contribution in [-0.4, -0.2) is 50.8 Å². The summed E-state index contributed by atoms with van der Waals surface area (Å²) < 4.78 is 0.728. The second-order valence-corrected chi connectivity index (χ2v) is 7.51. The van der Waals surface area contributed by atoms with Crippen LogP contribution in [0.5, 0.6) is 11.6 Å². The molecule has 0 aliphatic carbocycles. The summed E-state index contributed by atoms with van der Waals surface area (Å²) in [5, 5.41) is 34.5. The fourth-order valence-corrected chi connectivity index (χ4v) is 2.80. The number of benzene rings is 1. The minimum atomic E-state index is -1.36. The lowest BCUT2D eigenvalue weighted by atomic mass is 10.1. The number of aromatic nitrogens is 1. The Bertz CT molecular complexity index is 1100. The Balaban J connectivity index is 2.78. The average Bonchev–Trinajstić information content (AvgIpc) is 2.67. The van der Waals surface area contributed by atoms with E-state index in [9.17, 15) is 29.4 Å². The summed E-state index contributed by atoms with van der Waals surface area (Å²) in [6, 6.07) is 4.77. The average molecular weight is 431 g/mol. The first-order valence-electron chi connectivity index (χ1n) is 9.52. The van der Waals surface area contributed by atoms with Crippen molar-refractivity contribution in [1.29, 1.82) is 0 Å². The van der Waals surface area contributed by atoms with Gasteiger partial charge in [-0.25, -0.2) is 4.57 Å². The molecule has 0 saturated heterocycles. The highest BCUT2D eigenvalue weighted by Gasteiger charge is 2.30. The number of rotatable bonds is 7. The van der Waals surface area contributed by atoms with Crippen LogP contribution in [0.1, 0.15) is 45.7 Å². The quantitative estimate of drug-likeness (QED) is 0.438. The van der Waals surface area contributed by atoms with Crippen molar-refractivity contribution in [3.8, 4) is 17.3 Å². The van der Waals surface area contributed by atoms with E-state index < -0.39 is 52.6 Å². The number of pyridine rings is 1. The van der Waals surface area contributed by atoms with Crippen LogP contribution in [0, 0.1) is 19.8 Å². The van der Waals surface area contributed by atoms with Crippen LogP contribution in [-0.2, 0) is 4.79 Å². The zero-order valence-corrected chi connectivity index (χ0v) is 17.6. The molecule has 31 heavy (non-hydrogen) atoms. The van der Waals surface area contributed by atoms with Crippen LogP contribution in [0.25, 0.3) is 5.69 Å². The molecule has 1 aromatic heterocycles. The summed E-state index contributed by atoms with van der Waals surface area (Å²) in [5.41, 5.74) is -0.708. The van der Waals surface area contributed by atoms with E-state index >= 15 is 0 Å². The maximum Gasteiger partial charge on any atom is 0.322 e. The first-order chi connectivity index (χ1) is 14.5. The maximum absolute atomic E-state index is 13.1. The molecule has 10 nitrogen and oxygen atoms in total. The van der Waals surface area contributed by atoms with Gasteiger partial charge in [0.25, 0.3) is 17.4 Å². The number of nitrogens with zero attached hydrogens (tertiary/aromatic N) is 1. The molecule has 0 aliphatic rings. The molecule has 2 amide bonds.